The molecule has 0 aliphatic rings. The monoisotopic (exact) mass is 188 g/mol. The highest BCUT2D eigenvalue weighted by Gasteiger charge is 2.09. The van der Waals surface area contributed by atoms with Crippen molar-refractivity contribution in [1.82, 2.24) is 4.98 Å². The van der Waals surface area contributed by atoms with E-state index in [1.165, 1.54) is 0 Å². The zero-order valence-corrected chi connectivity index (χ0v) is 6.87. The molecule has 0 saturated heterocycles. The highest BCUT2D eigenvalue weighted by molar-refractivity contribution is 7.80. The number of pyridine rings is 1. The van der Waals surface area contributed by atoms with E-state index in [2.05, 4.69) is 17.2 Å². The van der Waals surface area contributed by atoms with Crippen molar-refractivity contribution in [2.75, 3.05) is 0 Å². The van der Waals surface area contributed by atoms with Gasteiger partial charge in [0.15, 0.2) is 0 Å². The quantitative estimate of drug-likeness (QED) is 0.708. The molecule has 0 aromatic carbocycles. The van der Waals surface area contributed by atoms with Crippen LogP contribution >= 0.6 is 12.2 Å². The lowest BCUT2D eigenvalue weighted by atomic mass is 10.2. The molecule has 0 bridgehead atoms. The first-order valence-corrected chi connectivity index (χ1v) is 3.58. The van der Waals surface area contributed by atoms with Crippen molar-refractivity contribution in [2.24, 2.45) is 5.73 Å². The Kier molecular flexibility index (Phi) is 2.65. The molecule has 0 spiro atoms. The van der Waals surface area contributed by atoms with Gasteiger partial charge in [0.05, 0.1) is 17.4 Å². The number of nitrogens with zero attached hydrogens (tertiary/aromatic N) is 1. The minimum atomic E-state index is -0.720. The Hall–Kier alpha value is -1.10. The summed E-state index contributed by atoms with van der Waals surface area (Å²) in [5.41, 5.74) is 5.01. The first kappa shape index (κ1) is 8.99. The van der Waals surface area contributed by atoms with E-state index in [1.54, 1.807) is 0 Å². The third-order valence-electron chi connectivity index (χ3n) is 1.30. The van der Waals surface area contributed by atoms with Crippen LogP contribution in [0.4, 0.5) is 8.78 Å². The number of nitrogens with two attached hydrogens (primary N) is 1. The van der Waals surface area contributed by atoms with E-state index in [4.69, 9.17) is 5.73 Å². The van der Waals surface area contributed by atoms with Crippen molar-refractivity contribution in [1.29, 1.82) is 0 Å². The average Bonchev–Trinajstić information content (AvgIpc) is 1.97. The standard InChI is InChI=1S/C7H6F2N2S/c8-5-2-11-3-6(9)4(5)1-7(10)12/h2-3H,1H2,(H2,10,12). The molecule has 0 amide bonds. The predicted molar refractivity (Wildman–Crippen MR) is 44.6 cm³/mol. The molecule has 5 heteroatoms. The van der Waals surface area contributed by atoms with Crippen LogP contribution < -0.4 is 5.73 Å². The third kappa shape index (κ3) is 1.94. The molecule has 0 fully saturated rings. The maximum Gasteiger partial charge on any atom is 0.148 e. The number of hydrogen-bond donors (Lipinski definition) is 1. The van der Waals surface area contributed by atoms with Crippen LogP contribution in [0.1, 0.15) is 5.56 Å². The summed E-state index contributed by atoms with van der Waals surface area (Å²) in [6.45, 7) is 0. The molecule has 0 unspecified atom stereocenters. The van der Waals surface area contributed by atoms with Gasteiger partial charge in [0.2, 0.25) is 0 Å². The zero-order valence-electron chi connectivity index (χ0n) is 6.05. The van der Waals surface area contributed by atoms with E-state index in [9.17, 15) is 8.78 Å². The Labute approximate surface area is 73.4 Å². The normalized spacial score (nSPS) is 9.83. The van der Waals surface area contributed by atoms with Gasteiger partial charge in [-0.2, -0.15) is 0 Å². The van der Waals surface area contributed by atoms with Crippen LogP contribution in [0.3, 0.4) is 0 Å². The highest BCUT2D eigenvalue weighted by Crippen LogP contribution is 2.10. The van der Waals surface area contributed by atoms with Gasteiger partial charge in [0.25, 0.3) is 0 Å². The lowest BCUT2D eigenvalue weighted by Gasteiger charge is -2.01. The van der Waals surface area contributed by atoms with E-state index in [0.29, 0.717) is 0 Å². The van der Waals surface area contributed by atoms with Gasteiger partial charge in [0.1, 0.15) is 11.6 Å². The smallest absolute Gasteiger partial charge is 0.148 e. The summed E-state index contributed by atoms with van der Waals surface area (Å²) in [5, 5.41) is 0. The van der Waals surface area contributed by atoms with Crippen LogP contribution in [-0.2, 0) is 6.42 Å². The number of rotatable bonds is 2. The second-order valence-corrected chi connectivity index (χ2v) is 2.75. The molecule has 1 aromatic heterocycles. The van der Waals surface area contributed by atoms with Crippen LogP contribution in [-0.4, -0.2) is 9.97 Å². The summed E-state index contributed by atoms with van der Waals surface area (Å²) in [5.74, 6) is -1.44. The maximum atomic E-state index is 12.8. The molecule has 0 radical (unpaired) electrons. The lowest BCUT2D eigenvalue weighted by Crippen LogP contribution is -2.13. The SMILES string of the molecule is NC(=S)Cc1c(F)cncc1F. The fourth-order valence-corrected chi connectivity index (χ4v) is 0.926. The van der Waals surface area contributed by atoms with Crippen LogP contribution in [0, 0.1) is 11.6 Å². The first-order chi connectivity index (χ1) is 5.61. The molecule has 0 atom stereocenters. The van der Waals surface area contributed by atoms with E-state index in [1.807, 2.05) is 0 Å². The van der Waals surface area contributed by atoms with Crippen molar-refractivity contribution in [3.8, 4) is 0 Å². The van der Waals surface area contributed by atoms with E-state index in [0.717, 1.165) is 12.4 Å². The van der Waals surface area contributed by atoms with Gasteiger partial charge < -0.3 is 5.73 Å². The van der Waals surface area contributed by atoms with Gasteiger partial charge in [0, 0.05) is 12.0 Å². The fourth-order valence-electron chi connectivity index (χ4n) is 0.781. The Morgan fingerprint density at radius 2 is 1.92 bits per heavy atom. The summed E-state index contributed by atoms with van der Waals surface area (Å²) >= 11 is 4.52. The average molecular weight is 188 g/mol. The van der Waals surface area contributed by atoms with Crippen molar-refractivity contribution in [3.05, 3.63) is 29.6 Å². The Balaban J connectivity index is 3.04. The molecule has 0 aliphatic carbocycles. The molecule has 0 aliphatic heterocycles. The molecule has 2 N–H and O–H groups in total. The minimum absolute atomic E-state index is 0.0546. The topological polar surface area (TPSA) is 38.9 Å². The van der Waals surface area contributed by atoms with Gasteiger partial charge in [-0.25, -0.2) is 8.78 Å². The van der Waals surface area contributed by atoms with Crippen LogP contribution in [0.2, 0.25) is 0 Å². The molecule has 2 nitrogen and oxygen atoms in total. The molecule has 0 saturated carbocycles. The van der Waals surface area contributed by atoms with Crippen molar-refractivity contribution >= 4 is 17.2 Å². The largest absolute Gasteiger partial charge is 0.393 e. The molecule has 1 heterocycles. The van der Waals surface area contributed by atoms with Gasteiger partial charge in [-0.1, -0.05) is 12.2 Å². The molecule has 1 rings (SSSR count). The van der Waals surface area contributed by atoms with Gasteiger partial charge >= 0.3 is 0 Å². The Morgan fingerprint density at radius 1 is 1.42 bits per heavy atom. The van der Waals surface area contributed by atoms with Gasteiger partial charge in [-0.05, 0) is 0 Å². The first-order valence-electron chi connectivity index (χ1n) is 3.17. The van der Waals surface area contributed by atoms with Crippen LogP contribution in [0.25, 0.3) is 0 Å². The van der Waals surface area contributed by atoms with Crippen molar-refractivity contribution < 1.29 is 8.78 Å². The number of thiocarbonyl (C=S) groups is 1. The fraction of sp³-hybridized carbons (Fsp3) is 0.143. The molecule has 64 valence electrons. The Bertz CT molecular complexity index is 294. The number of hydrogen-bond acceptors (Lipinski definition) is 2. The third-order valence-corrected chi connectivity index (χ3v) is 1.45. The molecular weight excluding hydrogens is 182 g/mol. The second-order valence-electron chi connectivity index (χ2n) is 2.22. The van der Waals surface area contributed by atoms with Gasteiger partial charge in [-0.3, -0.25) is 4.98 Å². The summed E-state index contributed by atoms with van der Waals surface area (Å²) in [6, 6.07) is 0. The summed E-state index contributed by atoms with van der Waals surface area (Å²) in [4.78, 5) is 3.37. The molecular formula is C7H6F2N2S. The van der Waals surface area contributed by atoms with E-state index in [-0.39, 0.29) is 17.0 Å². The van der Waals surface area contributed by atoms with E-state index < -0.39 is 11.6 Å². The Morgan fingerprint density at radius 3 is 2.33 bits per heavy atom. The zero-order chi connectivity index (χ0) is 9.14. The number of aromatic nitrogens is 1. The second kappa shape index (κ2) is 3.53. The molecule has 12 heavy (non-hydrogen) atoms. The molecule has 1 aromatic rings. The summed E-state index contributed by atoms with van der Waals surface area (Å²) in [7, 11) is 0. The van der Waals surface area contributed by atoms with Crippen LogP contribution in [0.15, 0.2) is 12.4 Å². The lowest BCUT2D eigenvalue weighted by molar-refractivity contribution is 0.554. The summed E-state index contributed by atoms with van der Waals surface area (Å²) < 4.78 is 25.6. The van der Waals surface area contributed by atoms with Crippen molar-refractivity contribution in [3.63, 3.8) is 0 Å². The van der Waals surface area contributed by atoms with E-state index >= 15 is 0 Å². The maximum absolute atomic E-state index is 12.8. The highest BCUT2D eigenvalue weighted by atomic mass is 32.1. The van der Waals surface area contributed by atoms with Gasteiger partial charge in [-0.15, -0.1) is 0 Å². The predicted octanol–water partition coefficient (Wildman–Crippen LogP) is 1.19. The van der Waals surface area contributed by atoms with Crippen LogP contribution in [0.5, 0.6) is 0 Å². The number of halogens is 2. The van der Waals surface area contributed by atoms with Crippen molar-refractivity contribution in [2.45, 2.75) is 6.42 Å². The summed E-state index contributed by atoms with van der Waals surface area (Å²) in [6.07, 6.45) is 1.78. The minimum Gasteiger partial charge on any atom is -0.393 e.